The van der Waals surface area contributed by atoms with E-state index in [1.54, 1.807) is 59.2 Å². The highest BCUT2D eigenvalue weighted by molar-refractivity contribution is 6.30. The van der Waals surface area contributed by atoms with Gasteiger partial charge in [-0.15, -0.1) is 0 Å². The van der Waals surface area contributed by atoms with E-state index >= 15 is 0 Å². The van der Waals surface area contributed by atoms with Crippen LogP contribution in [0.15, 0.2) is 42.5 Å². The van der Waals surface area contributed by atoms with E-state index in [9.17, 15) is 9.59 Å². The van der Waals surface area contributed by atoms with Gasteiger partial charge in [0.2, 0.25) is 0 Å². The average molecular weight is 464 g/mol. The molecule has 2 aromatic rings. The van der Waals surface area contributed by atoms with Crippen LogP contribution >= 0.6 is 11.6 Å². The third-order valence-electron chi connectivity index (χ3n) is 4.67. The lowest BCUT2D eigenvalue weighted by Crippen LogP contribution is -2.51. The van der Waals surface area contributed by atoms with Crippen molar-refractivity contribution in [2.45, 2.75) is 6.92 Å². The number of nitrogens with one attached hydrogen (secondary N) is 1. The topological polar surface area (TPSA) is 89.6 Å². The lowest BCUT2D eigenvalue weighted by molar-refractivity contribution is 0.0511. The fourth-order valence-corrected chi connectivity index (χ4v) is 3.17. The standard InChI is InChI=1S/C22H26ClN3O6/c1-3-30-22(28)26-12-10-25(11-13-26)21(27)24-19-14-18(31-15-29-2)8-9-20(19)32-17-6-4-16(23)5-7-17/h4-9,14H,3,10-13,15H2,1-2H3,(H,24,27). The minimum absolute atomic E-state index is 0.0700. The van der Waals surface area contributed by atoms with Crippen LogP contribution in [-0.2, 0) is 9.47 Å². The average Bonchev–Trinajstić information content (AvgIpc) is 2.80. The molecule has 2 aromatic carbocycles. The summed E-state index contributed by atoms with van der Waals surface area (Å²) in [4.78, 5) is 28.0. The highest BCUT2D eigenvalue weighted by atomic mass is 35.5. The summed E-state index contributed by atoms with van der Waals surface area (Å²) in [5.41, 5.74) is 0.436. The Balaban J connectivity index is 1.70. The molecule has 0 aromatic heterocycles. The van der Waals surface area contributed by atoms with Gasteiger partial charge in [0.25, 0.3) is 0 Å². The van der Waals surface area contributed by atoms with Crippen LogP contribution < -0.4 is 14.8 Å². The molecular formula is C22H26ClN3O6. The molecule has 1 saturated heterocycles. The van der Waals surface area contributed by atoms with Crippen molar-refractivity contribution in [3.63, 3.8) is 0 Å². The number of hydrogen-bond acceptors (Lipinski definition) is 6. The predicted molar refractivity (Wildman–Crippen MR) is 120 cm³/mol. The summed E-state index contributed by atoms with van der Waals surface area (Å²) >= 11 is 5.94. The maximum Gasteiger partial charge on any atom is 0.409 e. The molecule has 1 heterocycles. The van der Waals surface area contributed by atoms with Crippen molar-refractivity contribution in [1.82, 2.24) is 9.80 Å². The van der Waals surface area contributed by atoms with Gasteiger partial charge in [-0.2, -0.15) is 0 Å². The van der Waals surface area contributed by atoms with Gasteiger partial charge >= 0.3 is 12.1 Å². The highest BCUT2D eigenvalue weighted by Crippen LogP contribution is 2.33. The largest absolute Gasteiger partial charge is 0.467 e. The Labute approximate surface area is 191 Å². The first-order chi connectivity index (χ1) is 15.5. The molecule has 0 aliphatic carbocycles. The van der Waals surface area contributed by atoms with E-state index in [4.69, 9.17) is 30.5 Å². The molecule has 10 heteroatoms. The van der Waals surface area contributed by atoms with Crippen LogP contribution in [0.4, 0.5) is 15.3 Å². The second-order valence-corrected chi connectivity index (χ2v) is 7.30. The van der Waals surface area contributed by atoms with E-state index in [0.29, 0.717) is 60.7 Å². The Morgan fingerprint density at radius 3 is 2.31 bits per heavy atom. The Kier molecular flexibility index (Phi) is 8.41. The SMILES string of the molecule is CCOC(=O)N1CCN(C(=O)Nc2cc(OCOC)ccc2Oc2ccc(Cl)cc2)CC1. The zero-order chi connectivity index (χ0) is 22.9. The van der Waals surface area contributed by atoms with Gasteiger partial charge in [0, 0.05) is 44.4 Å². The van der Waals surface area contributed by atoms with Crippen LogP contribution in [0.3, 0.4) is 0 Å². The summed E-state index contributed by atoms with van der Waals surface area (Å²) in [5, 5.41) is 3.47. The second-order valence-electron chi connectivity index (χ2n) is 6.87. The molecule has 0 bridgehead atoms. The molecule has 3 rings (SSSR count). The van der Waals surface area contributed by atoms with Gasteiger partial charge in [-0.05, 0) is 43.3 Å². The lowest BCUT2D eigenvalue weighted by atomic mass is 10.2. The molecule has 1 N–H and O–H groups in total. The molecule has 1 aliphatic rings. The summed E-state index contributed by atoms with van der Waals surface area (Å²) < 4.78 is 21.4. The predicted octanol–water partition coefficient (Wildman–Crippen LogP) is 4.42. The van der Waals surface area contributed by atoms with Gasteiger partial charge in [0.15, 0.2) is 12.5 Å². The summed E-state index contributed by atoms with van der Waals surface area (Å²) in [7, 11) is 1.52. The number of methoxy groups -OCH3 is 1. The summed E-state index contributed by atoms with van der Waals surface area (Å²) in [6, 6.07) is 11.7. The van der Waals surface area contributed by atoms with Gasteiger partial charge < -0.3 is 34.1 Å². The van der Waals surface area contributed by atoms with Crippen molar-refractivity contribution in [3.05, 3.63) is 47.5 Å². The number of carbonyl (C=O) groups is 2. The number of hydrogen-bond donors (Lipinski definition) is 1. The first-order valence-corrected chi connectivity index (χ1v) is 10.5. The maximum absolute atomic E-state index is 12.9. The van der Waals surface area contributed by atoms with Crippen LogP contribution in [0.25, 0.3) is 0 Å². The van der Waals surface area contributed by atoms with E-state index in [0.717, 1.165) is 0 Å². The molecule has 9 nitrogen and oxygen atoms in total. The number of piperazine rings is 1. The third kappa shape index (κ3) is 6.41. The number of rotatable bonds is 7. The van der Waals surface area contributed by atoms with Crippen molar-refractivity contribution in [2.24, 2.45) is 0 Å². The molecule has 32 heavy (non-hydrogen) atoms. The molecule has 3 amide bonds. The fraction of sp³-hybridized carbons (Fsp3) is 0.364. The maximum atomic E-state index is 12.9. The second kappa shape index (κ2) is 11.4. The van der Waals surface area contributed by atoms with Gasteiger partial charge in [-0.25, -0.2) is 9.59 Å². The van der Waals surface area contributed by atoms with Crippen LogP contribution in [-0.4, -0.2) is 68.6 Å². The number of amides is 3. The van der Waals surface area contributed by atoms with E-state index in [1.165, 1.54) is 7.11 Å². The molecule has 1 fully saturated rings. The minimum atomic E-state index is -0.366. The zero-order valence-corrected chi connectivity index (χ0v) is 18.8. The number of anilines is 1. The van der Waals surface area contributed by atoms with Crippen molar-refractivity contribution in [3.8, 4) is 17.2 Å². The lowest BCUT2D eigenvalue weighted by Gasteiger charge is -2.34. The number of urea groups is 1. The quantitative estimate of drug-likeness (QED) is 0.611. The summed E-state index contributed by atoms with van der Waals surface area (Å²) in [6.07, 6.45) is -0.366. The minimum Gasteiger partial charge on any atom is -0.467 e. The third-order valence-corrected chi connectivity index (χ3v) is 4.92. The van der Waals surface area contributed by atoms with E-state index in [-0.39, 0.29) is 18.9 Å². The normalized spacial score (nSPS) is 13.5. The Morgan fingerprint density at radius 2 is 1.66 bits per heavy atom. The first kappa shape index (κ1) is 23.5. The number of nitrogens with zero attached hydrogens (tertiary/aromatic N) is 2. The Morgan fingerprint density at radius 1 is 1.00 bits per heavy atom. The zero-order valence-electron chi connectivity index (χ0n) is 18.0. The monoisotopic (exact) mass is 463 g/mol. The molecular weight excluding hydrogens is 438 g/mol. The molecule has 0 spiro atoms. The van der Waals surface area contributed by atoms with Gasteiger partial charge in [-0.1, -0.05) is 11.6 Å². The number of benzene rings is 2. The molecule has 0 saturated carbocycles. The molecule has 0 radical (unpaired) electrons. The first-order valence-electron chi connectivity index (χ1n) is 10.2. The van der Waals surface area contributed by atoms with Crippen molar-refractivity contribution < 1.29 is 28.5 Å². The van der Waals surface area contributed by atoms with E-state index in [1.807, 2.05) is 0 Å². The van der Waals surface area contributed by atoms with Gasteiger partial charge in [0.1, 0.15) is 11.5 Å². The van der Waals surface area contributed by atoms with Crippen LogP contribution in [0.2, 0.25) is 5.02 Å². The highest BCUT2D eigenvalue weighted by Gasteiger charge is 2.25. The molecule has 172 valence electrons. The molecule has 1 aliphatic heterocycles. The van der Waals surface area contributed by atoms with Crippen LogP contribution in [0.1, 0.15) is 6.92 Å². The fourth-order valence-electron chi connectivity index (χ4n) is 3.04. The van der Waals surface area contributed by atoms with E-state index < -0.39 is 0 Å². The summed E-state index contributed by atoms with van der Waals surface area (Å²) in [6.45, 7) is 3.72. The smallest absolute Gasteiger partial charge is 0.409 e. The summed E-state index contributed by atoms with van der Waals surface area (Å²) in [5.74, 6) is 1.52. The van der Waals surface area contributed by atoms with Crippen molar-refractivity contribution in [1.29, 1.82) is 0 Å². The van der Waals surface area contributed by atoms with Crippen LogP contribution in [0, 0.1) is 0 Å². The van der Waals surface area contributed by atoms with Gasteiger partial charge in [-0.3, -0.25) is 0 Å². The molecule has 0 atom stereocenters. The number of halogens is 1. The van der Waals surface area contributed by atoms with E-state index in [2.05, 4.69) is 5.32 Å². The van der Waals surface area contributed by atoms with Crippen molar-refractivity contribution in [2.75, 3.05) is 52.0 Å². The Hall–Kier alpha value is -3.17. The van der Waals surface area contributed by atoms with Gasteiger partial charge in [0.05, 0.1) is 12.3 Å². The van der Waals surface area contributed by atoms with Crippen molar-refractivity contribution >= 4 is 29.4 Å². The number of ether oxygens (including phenoxy) is 4. The Bertz CT molecular complexity index is 916. The van der Waals surface area contributed by atoms with Crippen LogP contribution in [0.5, 0.6) is 17.2 Å². The number of carbonyl (C=O) groups excluding carboxylic acids is 2. The molecule has 0 unspecified atom stereocenters.